The Labute approximate surface area is 97.7 Å². The van der Waals surface area contributed by atoms with Gasteiger partial charge in [0.15, 0.2) is 0 Å². The summed E-state index contributed by atoms with van der Waals surface area (Å²) >= 11 is 0. The highest BCUT2D eigenvalue weighted by Gasteiger charge is 2.03. The van der Waals surface area contributed by atoms with Crippen molar-refractivity contribution in [3.05, 3.63) is 48.3 Å². The highest BCUT2D eigenvalue weighted by Crippen LogP contribution is 2.25. The first-order chi connectivity index (χ1) is 8.85. The summed E-state index contributed by atoms with van der Waals surface area (Å²) < 4.78 is 39.3. The quantitative estimate of drug-likeness (QED) is 0.789. The van der Waals surface area contributed by atoms with E-state index < -0.39 is 12.9 Å². The summed E-state index contributed by atoms with van der Waals surface area (Å²) in [4.78, 5) is 0. The van der Waals surface area contributed by atoms with E-state index in [0.29, 0.717) is 11.1 Å². The van der Waals surface area contributed by atoms with Crippen molar-refractivity contribution in [2.24, 2.45) is 0 Å². The Hall–Kier alpha value is -2.03. The maximum absolute atomic E-state index is 13.4. The zero-order valence-corrected chi connectivity index (χ0v) is 8.41. The fourth-order valence-electron chi connectivity index (χ4n) is 1.45. The van der Waals surface area contributed by atoms with E-state index in [1.165, 1.54) is 24.3 Å². The first kappa shape index (κ1) is 7.28. The summed E-state index contributed by atoms with van der Waals surface area (Å²) in [7, 11) is -2.51. The van der Waals surface area contributed by atoms with E-state index >= 15 is 0 Å². The Morgan fingerprint density at radius 3 is 2.75 bits per heavy atom. The van der Waals surface area contributed by atoms with Gasteiger partial charge in [-0.3, -0.25) is 0 Å². The van der Waals surface area contributed by atoms with Gasteiger partial charge in [0.1, 0.15) is 11.6 Å². The molecule has 2 aromatic rings. The molecule has 0 aliphatic heterocycles. The Balaban J connectivity index is 2.35. The maximum Gasteiger partial charge on any atom is 0.146 e. The number of hydrogen-bond acceptors (Lipinski definition) is 2. The van der Waals surface area contributed by atoms with Crippen LogP contribution in [0, 0.1) is 5.82 Å². The molecule has 0 heterocycles. The van der Waals surface area contributed by atoms with Gasteiger partial charge in [0, 0.05) is 0 Å². The average molecular weight is 220 g/mol. The van der Waals surface area contributed by atoms with Gasteiger partial charge in [0.2, 0.25) is 0 Å². The van der Waals surface area contributed by atoms with Gasteiger partial charge >= 0.3 is 0 Å². The van der Waals surface area contributed by atoms with Crippen molar-refractivity contribution in [1.29, 1.82) is 0 Å². The lowest BCUT2D eigenvalue weighted by atomic mass is 10.0. The van der Waals surface area contributed by atoms with E-state index in [9.17, 15) is 4.39 Å². The first-order valence-corrected chi connectivity index (χ1v) is 4.70. The normalized spacial score (nSPS) is 13.7. The summed E-state index contributed by atoms with van der Waals surface area (Å²) in [5.74, 6) is -0.311. The smallest absolute Gasteiger partial charge is 0.146 e. The summed E-state index contributed by atoms with van der Waals surface area (Å²) in [6, 6.07) is 10.9. The molecule has 0 atom stereocenters. The molecule has 2 N–H and O–H groups in total. The van der Waals surface area contributed by atoms with Crippen LogP contribution in [0.1, 0.15) is 4.11 Å². The summed E-state index contributed by atoms with van der Waals surface area (Å²) in [5, 5.41) is 0. The molecule has 0 saturated carbocycles. The van der Waals surface area contributed by atoms with Gasteiger partial charge in [-0.1, -0.05) is 18.2 Å². The van der Waals surface area contributed by atoms with Crippen LogP contribution < -0.4 is 10.5 Å². The summed E-state index contributed by atoms with van der Waals surface area (Å²) in [5.41, 5.74) is 6.73. The molecular weight excluding hydrogens is 205 g/mol. The van der Waals surface area contributed by atoms with E-state index in [1.807, 2.05) is 0 Å². The highest BCUT2D eigenvalue weighted by molar-refractivity contribution is 5.67. The van der Waals surface area contributed by atoms with Gasteiger partial charge in [-0.25, -0.2) is 4.39 Å². The van der Waals surface area contributed by atoms with Crippen molar-refractivity contribution in [3.63, 3.8) is 0 Å². The molecule has 0 aliphatic carbocycles. The van der Waals surface area contributed by atoms with E-state index in [4.69, 9.17) is 14.6 Å². The Morgan fingerprint density at radius 2 is 2.00 bits per heavy atom. The molecule has 3 heteroatoms. The molecule has 0 bridgehead atoms. The molecule has 0 spiro atoms. The molecule has 0 saturated heterocycles. The number of halogens is 1. The van der Waals surface area contributed by atoms with Crippen molar-refractivity contribution in [3.8, 4) is 16.9 Å². The minimum atomic E-state index is -2.51. The van der Waals surface area contributed by atoms with E-state index in [-0.39, 0.29) is 11.4 Å². The van der Waals surface area contributed by atoms with Crippen molar-refractivity contribution in [2.75, 3.05) is 12.8 Å². The van der Waals surface area contributed by atoms with Crippen molar-refractivity contribution < 1.29 is 13.2 Å². The molecule has 2 rings (SSSR count). The SMILES string of the molecule is [2H]C([2H])([2H])Oc1cccc(-c2ccc(N)c(F)c2)c1. The predicted molar refractivity (Wildman–Crippen MR) is 62.8 cm³/mol. The fraction of sp³-hybridized carbons (Fsp3) is 0.0769. The van der Waals surface area contributed by atoms with Gasteiger partial charge in [-0.05, 0) is 35.4 Å². The van der Waals surface area contributed by atoms with Crippen molar-refractivity contribution in [2.45, 2.75) is 0 Å². The fourth-order valence-corrected chi connectivity index (χ4v) is 1.45. The molecule has 2 aromatic carbocycles. The molecule has 0 amide bonds. The van der Waals surface area contributed by atoms with Crippen LogP contribution in [0.3, 0.4) is 0 Å². The Kier molecular flexibility index (Phi) is 1.92. The first-order valence-electron chi connectivity index (χ1n) is 6.20. The molecule has 2 nitrogen and oxygen atoms in total. The second-order valence-corrected chi connectivity index (χ2v) is 3.37. The van der Waals surface area contributed by atoms with Crippen LogP contribution in [0.25, 0.3) is 11.1 Å². The molecule has 16 heavy (non-hydrogen) atoms. The third-order valence-electron chi connectivity index (χ3n) is 2.29. The largest absolute Gasteiger partial charge is 0.497 e. The Bertz CT molecular complexity index is 599. The van der Waals surface area contributed by atoms with Gasteiger partial charge in [-0.15, -0.1) is 0 Å². The van der Waals surface area contributed by atoms with Crippen LogP contribution in [-0.2, 0) is 0 Å². The Morgan fingerprint density at radius 1 is 1.19 bits per heavy atom. The topological polar surface area (TPSA) is 35.2 Å². The number of nitrogen functional groups attached to an aromatic ring is 1. The second kappa shape index (κ2) is 4.23. The zero-order chi connectivity index (χ0) is 14.0. The minimum absolute atomic E-state index is 0.0682. The van der Waals surface area contributed by atoms with E-state index in [0.717, 1.165) is 0 Å². The van der Waals surface area contributed by atoms with Gasteiger partial charge < -0.3 is 10.5 Å². The summed E-state index contributed by atoms with van der Waals surface area (Å²) in [6.45, 7) is 0. The maximum atomic E-state index is 13.4. The molecule has 0 fully saturated rings. The number of methoxy groups -OCH3 is 1. The third kappa shape index (κ3) is 1.98. The average Bonchev–Trinajstić information content (AvgIpc) is 2.31. The zero-order valence-electron chi connectivity index (χ0n) is 11.4. The molecule has 0 unspecified atom stereocenters. The monoisotopic (exact) mass is 220 g/mol. The van der Waals surface area contributed by atoms with Crippen molar-refractivity contribution in [1.82, 2.24) is 0 Å². The molecule has 0 aromatic heterocycles. The lowest BCUT2D eigenvalue weighted by Crippen LogP contribution is -1.90. The van der Waals surface area contributed by atoms with Gasteiger partial charge in [0.05, 0.1) is 16.8 Å². The summed E-state index contributed by atoms with van der Waals surface area (Å²) in [6.07, 6.45) is 0. The van der Waals surface area contributed by atoms with Crippen molar-refractivity contribution >= 4 is 5.69 Å². The predicted octanol–water partition coefficient (Wildman–Crippen LogP) is 3.08. The number of anilines is 1. The standard InChI is InChI=1S/C13H12FNO/c1-16-11-4-2-3-9(7-11)10-5-6-13(15)12(14)8-10/h2-8H,15H2,1H3/i1D3. The van der Waals surface area contributed by atoms with Crippen LogP contribution in [0.15, 0.2) is 42.5 Å². The number of nitrogens with two attached hydrogens (primary N) is 1. The molecular formula is C13H12FNO. The van der Waals surface area contributed by atoms with Crippen LogP contribution in [-0.4, -0.2) is 7.04 Å². The number of rotatable bonds is 2. The third-order valence-corrected chi connectivity index (χ3v) is 2.29. The second-order valence-electron chi connectivity index (χ2n) is 3.37. The lowest BCUT2D eigenvalue weighted by molar-refractivity contribution is 0.415. The highest BCUT2D eigenvalue weighted by atomic mass is 19.1. The van der Waals surface area contributed by atoms with Crippen LogP contribution in [0.2, 0.25) is 0 Å². The van der Waals surface area contributed by atoms with E-state index in [2.05, 4.69) is 0 Å². The lowest BCUT2D eigenvalue weighted by Gasteiger charge is -2.05. The van der Waals surface area contributed by atoms with Crippen LogP contribution in [0.4, 0.5) is 10.1 Å². The molecule has 0 radical (unpaired) electrons. The van der Waals surface area contributed by atoms with Gasteiger partial charge in [-0.2, -0.15) is 0 Å². The van der Waals surface area contributed by atoms with E-state index in [1.54, 1.807) is 18.2 Å². The molecule has 82 valence electrons. The van der Waals surface area contributed by atoms with Crippen LogP contribution in [0.5, 0.6) is 5.75 Å². The number of benzene rings is 2. The van der Waals surface area contributed by atoms with Gasteiger partial charge in [0.25, 0.3) is 0 Å². The number of hydrogen-bond donors (Lipinski definition) is 1. The minimum Gasteiger partial charge on any atom is -0.497 e. The van der Waals surface area contributed by atoms with Crippen LogP contribution >= 0.6 is 0 Å². The number of ether oxygens (including phenoxy) is 1. The molecule has 0 aliphatic rings.